The number of nitrogens with zero attached hydrogens (tertiary/aromatic N) is 2. The number of benzene rings is 1. The zero-order valence-corrected chi connectivity index (χ0v) is 11.4. The molecule has 0 aliphatic heterocycles. The summed E-state index contributed by atoms with van der Waals surface area (Å²) in [4.78, 5) is 16.2. The Morgan fingerprint density at radius 1 is 1.38 bits per heavy atom. The lowest BCUT2D eigenvalue weighted by molar-refractivity contribution is 0.102. The van der Waals surface area contributed by atoms with E-state index in [0.29, 0.717) is 17.9 Å². The van der Waals surface area contributed by atoms with Gasteiger partial charge in [0.25, 0.3) is 5.91 Å². The Morgan fingerprint density at radius 2 is 2.19 bits per heavy atom. The summed E-state index contributed by atoms with van der Waals surface area (Å²) in [6, 6.07) is 8.63. The lowest BCUT2D eigenvalue weighted by Gasteiger charge is -2.08. The highest BCUT2D eigenvalue weighted by atomic mass is 19.1. The molecule has 0 saturated carbocycles. The van der Waals surface area contributed by atoms with Crippen molar-refractivity contribution in [2.45, 2.75) is 6.92 Å². The van der Waals surface area contributed by atoms with Gasteiger partial charge in [-0.1, -0.05) is 0 Å². The summed E-state index contributed by atoms with van der Waals surface area (Å²) in [6.45, 7) is 2.61. The number of carbonyl (C=O) groups excluding carboxylic acids is 1. The number of amides is 1. The predicted octanol–water partition coefficient (Wildman–Crippen LogP) is 2.78. The van der Waals surface area contributed by atoms with Crippen molar-refractivity contribution in [3.05, 3.63) is 53.5 Å². The molecule has 0 aliphatic carbocycles. The number of aromatic nitrogens is 1. The fraction of sp³-hybridized carbons (Fsp3) is 0.133. The van der Waals surface area contributed by atoms with Crippen LogP contribution in [0.1, 0.15) is 22.8 Å². The number of hydrogen-bond acceptors (Lipinski definition) is 4. The summed E-state index contributed by atoms with van der Waals surface area (Å²) in [5.74, 6) is -0.327. The maximum atomic E-state index is 13.1. The molecule has 0 spiro atoms. The van der Waals surface area contributed by atoms with Crippen LogP contribution in [0.25, 0.3) is 0 Å². The van der Waals surface area contributed by atoms with Gasteiger partial charge >= 0.3 is 0 Å². The van der Waals surface area contributed by atoms with Crippen LogP contribution in [-0.2, 0) is 0 Å². The molecule has 0 atom stereocenters. The van der Waals surface area contributed by atoms with E-state index in [1.165, 1.54) is 18.3 Å². The first kappa shape index (κ1) is 14.5. The summed E-state index contributed by atoms with van der Waals surface area (Å²) >= 11 is 0. The lowest BCUT2D eigenvalue weighted by Crippen LogP contribution is -2.13. The Morgan fingerprint density at radius 3 is 2.90 bits per heavy atom. The Hall–Kier alpha value is -2.94. The second-order valence-electron chi connectivity index (χ2n) is 4.22. The van der Waals surface area contributed by atoms with Gasteiger partial charge in [0.2, 0.25) is 0 Å². The van der Waals surface area contributed by atoms with Gasteiger partial charge in [0, 0.05) is 18.3 Å². The Bertz CT molecular complexity index is 709. The van der Waals surface area contributed by atoms with Gasteiger partial charge in [-0.3, -0.25) is 4.79 Å². The second-order valence-corrected chi connectivity index (χ2v) is 4.22. The highest BCUT2D eigenvalue weighted by Gasteiger charge is 2.10. The van der Waals surface area contributed by atoms with Crippen molar-refractivity contribution in [1.82, 2.24) is 4.98 Å². The molecule has 0 saturated heterocycles. The van der Waals surface area contributed by atoms with E-state index in [4.69, 9.17) is 5.26 Å². The second kappa shape index (κ2) is 6.48. The summed E-state index contributed by atoms with van der Waals surface area (Å²) in [6.07, 6.45) is 1.52. The van der Waals surface area contributed by atoms with Crippen molar-refractivity contribution in [2.75, 3.05) is 17.2 Å². The molecule has 0 aliphatic rings. The minimum absolute atomic E-state index is 0.0734. The quantitative estimate of drug-likeness (QED) is 0.905. The molecule has 106 valence electrons. The molecule has 0 unspecified atom stereocenters. The van der Waals surface area contributed by atoms with Crippen LogP contribution >= 0.6 is 0 Å². The molecule has 2 aromatic rings. The first-order valence-corrected chi connectivity index (χ1v) is 6.35. The van der Waals surface area contributed by atoms with Crippen LogP contribution in [0.4, 0.5) is 15.9 Å². The molecule has 5 nitrogen and oxygen atoms in total. The van der Waals surface area contributed by atoms with Crippen LogP contribution in [-0.4, -0.2) is 17.4 Å². The Kier molecular flexibility index (Phi) is 4.46. The lowest BCUT2D eigenvalue weighted by atomic mass is 10.1. The van der Waals surface area contributed by atoms with Crippen molar-refractivity contribution in [1.29, 1.82) is 5.26 Å². The molecule has 0 bridgehead atoms. The van der Waals surface area contributed by atoms with Gasteiger partial charge in [0.15, 0.2) is 0 Å². The summed E-state index contributed by atoms with van der Waals surface area (Å²) in [5.41, 5.74) is 0.740. The molecule has 1 aromatic carbocycles. The predicted molar refractivity (Wildman–Crippen MR) is 77.5 cm³/mol. The van der Waals surface area contributed by atoms with E-state index < -0.39 is 5.82 Å². The number of halogens is 1. The van der Waals surface area contributed by atoms with E-state index in [2.05, 4.69) is 15.6 Å². The number of pyridine rings is 1. The number of hydrogen-bond donors (Lipinski definition) is 2. The zero-order chi connectivity index (χ0) is 15.2. The first-order chi connectivity index (χ1) is 10.1. The zero-order valence-electron chi connectivity index (χ0n) is 11.4. The standard InChI is InChI=1S/C15H13FN4O/c1-2-18-14-8-10(5-6-19-14)15(21)20-13-4-3-12(16)7-11(13)9-17/h3-8H,2H2,1H3,(H,18,19)(H,20,21). The number of carbonyl (C=O) groups is 1. The third-order valence-electron chi connectivity index (χ3n) is 2.73. The molecule has 2 N–H and O–H groups in total. The molecule has 6 heteroatoms. The highest BCUT2D eigenvalue weighted by Crippen LogP contribution is 2.17. The fourth-order valence-corrected chi connectivity index (χ4v) is 1.76. The van der Waals surface area contributed by atoms with E-state index in [1.54, 1.807) is 12.1 Å². The van der Waals surface area contributed by atoms with Gasteiger partial charge in [-0.2, -0.15) is 5.26 Å². The average Bonchev–Trinajstić information content (AvgIpc) is 2.49. The van der Waals surface area contributed by atoms with Crippen LogP contribution in [0.3, 0.4) is 0 Å². The minimum Gasteiger partial charge on any atom is -0.370 e. The Labute approximate surface area is 121 Å². The van der Waals surface area contributed by atoms with Crippen LogP contribution in [0.2, 0.25) is 0 Å². The van der Waals surface area contributed by atoms with Gasteiger partial charge in [0.05, 0.1) is 11.3 Å². The smallest absolute Gasteiger partial charge is 0.255 e. The van der Waals surface area contributed by atoms with E-state index >= 15 is 0 Å². The maximum Gasteiger partial charge on any atom is 0.255 e. The van der Waals surface area contributed by atoms with E-state index in [-0.39, 0.29) is 17.2 Å². The van der Waals surface area contributed by atoms with Gasteiger partial charge < -0.3 is 10.6 Å². The topological polar surface area (TPSA) is 77.8 Å². The van der Waals surface area contributed by atoms with E-state index in [1.807, 2.05) is 13.0 Å². The molecule has 0 fully saturated rings. The van der Waals surface area contributed by atoms with Crippen molar-refractivity contribution >= 4 is 17.4 Å². The summed E-state index contributed by atoms with van der Waals surface area (Å²) in [7, 11) is 0. The third-order valence-corrected chi connectivity index (χ3v) is 2.73. The summed E-state index contributed by atoms with van der Waals surface area (Å²) < 4.78 is 13.1. The van der Waals surface area contributed by atoms with Crippen LogP contribution < -0.4 is 10.6 Å². The molecular weight excluding hydrogens is 271 g/mol. The molecule has 1 aromatic heterocycles. The monoisotopic (exact) mass is 284 g/mol. The van der Waals surface area contributed by atoms with Gasteiger partial charge in [-0.25, -0.2) is 9.37 Å². The first-order valence-electron chi connectivity index (χ1n) is 6.35. The maximum absolute atomic E-state index is 13.1. The molecule has 21 heavy (non-hydrogen) atoms. The average molecular weight is 284 g/mol. The van der Waals surface area contributed by atoms with Gasteiger partial charge in [-0.15, -0.1) is 0 Å². The van der Waals surface area contributed by atoms with E-state index in [0.717, 1.165) is 6.07 Å². The number of nitriles is 1. The van der Waals surface area contributed by atoms with Crippen LogP contribution in [0.5, 0.6) is 0 Å². The SMILES string of the molecule is CCNc1cc(C(=O)Nc2ccc(F)cc2C#N)ccn1. The van der Waals surface area contributed by atoms with Gasteiger partial charge in [0.1, 0.15) is 17.7 Å². The van der Waals surface area contributed by atoms with E-state index in [9.17, 15) is 9.18 Å². The van der Waals surface area contributed by atoms with Crippen molar-refractivity contribution in [2.24, 2.45) is 0 Å². The van der Waals surface area contributed by atoms with Gasteiger partial charge in [-0.05, 0) is 37.3 Å². The van der Waals surface area contributed by atoms with Crippen LogP contribution in [0, 0.1) is 17.1 Å². The molecule has 1 amide bonds. The largest absolute Gasteiger partial charge is 0.370 e. The highest BCUT2D eigenvalue weighted by molar-refractivity contribution is 6.05. The summed E-state index contributed by atoms with van der Waals surface area (Å²) in [5, 5.41) is 14.5. The van der Waals surface area contributed by atoms with Crippen LogP contribution in [0.15, 0.2) is 36.5 Å². The minimum atomic E-state index is -0.525. The number of anilines is 2. The molecular formula is C15H13FN4O. The van der Waals surface area contributed by atoms with Crippen molar-refractivity contribution in [3.8, 4) is 6.07 Å². The third kappa shape index (κ3) is 3.54. The number of nitrogens with one attached hydrogen (secondary N) is 2. The molecule has 0 radical (unpaired) electrons. The molecule has 1 heterocycles. The van der Waals surface area contributed by atoms with Crippen molar-refractivity contribution in [3.63, 3.8) is 0 Å². The normalized spacial score (nSPS) is 9.76. The number of rotatable bonds is 4. The fourth-order valence-electron chi connectivity index (χ4n) is 1.76. The van der Waals surface area contributed by atoms with Crippen molar-refractivity contribution < 1.29 is 9.18 Å². The molecule has 2 rings (SSSR count). The Balaban J connectivity index is 2.22.